The van der Waals surface area contributed by atoms with Gasteiger partial charge >= 0.3 is 0 Å². The minimum atomic E-state index is -0.541. The molecule has 4 atom stereocenters. The second-order valence-electron chi connectivity index (χ2n) is 7.69. The van der Waals surface area contributed by atoms with Gasteiger partial charge in [0.2, 0.25) is 11.8 Å². The molecule has 2 N–H and O–H groups in total. The summed E-state index contributed by atoms with van der Waals surface area (Å²) in [5, 5.41) is 6.48. The number of nitrogens with zero attached hydrogens (tertiary/aromatic N) is 1. The molecular weight excluding hydrogens is 350 g/mol. The average molecular weight is 371 g/mol. The quantitative estimate of drug-likeness (QED) is 0.780. The van der Waals surface area contributed by atoms with Crippen LogP contribution in [0.5, 0.6) is 0 Å². The Morgan fingerprint density at radius 2 is 2.04 bits per heavy atom. The first kappa shape index (κ1) is 16.3. The lowest BCUT2D eigenvalue weighted by Crippen LogP contribution is -2.52. The molecule has 136 valence electrons. The normalized spacial score (nSPS) is 32.9. The minimum absolute atomic E-state index is 0.102. The summed E-state index contributed by atoms with van der Waals surface area (Å²) in [6.45, 7) is 2.73. The van der Waals surface area contributed by atoms with Crippen LogP contribution in [0.15, 0.2) is 23.1 Å². The second-order valence-corrected chi connectivity index (χ2v) is 9.01. The molecule has 6 nitrogen and oxygen atoms in total. The summed E-state index contributed by atoms with van der Waals surface area (Å²) in [6.07, 6.45) is 1.96. The number of piperidine rings is 1. The molecule has 1 saturated carbocycles. The number of thioether (sulfide) groups is 1. The van der Waals surface area contributed by atoms with Gasteiger partial charge in [-0.2, -0.15) is 0 Å². The van der Waals surface area contributed by atoms with E-state index in [0.717, 1.165) is 30.5 Å². The van der Waals surface area contributed by atoms with Gasteiger partial charge in [-0.1, -0.05) is 0 Å². The number of imide groups is 1. The zero-order valence-electron chi connectivity index (χ0n) is 14.4. The molecule has 0 radical (unpaired) electrons. The highest BCUT2D eigenvalue weighted by Gasteiger charge is 2.44. The van der Waals surface area contributed by atoms with Gasteiger partial charge in [-0.3, -0.25) is 19.7 Å². The fourth-order valence-electron chi connectivity index (χ4n) is 4.66. The Balaban J connectivity index is 1.31. The van der Waals surface area contributed by atoms with Crippen molar-refractivity contribution < 1.29 is 14.4 Å². The van der Waals surface area contributed by atoms with Crippen molar-refractivity contribution in [1.29, 1.82) is 0 Å². The molecule has 1 aliphatic carbocycles. The van der Waals surface area contributed by atoms with Crippen molar-refractivity contribution in [3.63, 3.8) is 0 Å². The first-order chi connectivity index (χ1) is 12.6. The van der Waals surface area contributed by atoms with E-state index < -0.39 is 6.04 Å². The highest BCUT2D eigenvalue weighted by Crippen LogP contribution is 2.47. The maximum absolute atomic E-state index is 12.7. The SMILES string of the molecule is O=C1CCC(N2Cc3cc(SC4CC5CNCC54)ccc3C2=O)C(=O)N1. The second kappa shape index (κ2) is 6.09. The van der Waals surface area contributed by atoms with Gasteiger partial charge in [-0.15, -0.1) is 11.8 Å². The van der Waals surface area contributed by atoms with Crippen LogP contribution in [-0.2, 0) is 16.1 Å². The number of nitrogens with one attached hydrogen (secondary N) is 2. The number of benzene rings is 1. The van der Waals surface area contributed by atoms with E-state index in [1.807, 2.05) is 23.9 Å². The summed E-state index contributed by atoms with van der Waals surface area (Å²) in [7, 11) is 0. The Morgan fingerprint density at radius 1 is 1.15 bits per heavy atom. The lowest BCUT2D eigenvalue weighted by Gasteiger charge is -2.39. The molecular formula is C19H21N3O3S. The Labute approximate surface area is 156 Å². The van der Waals surface area contributed by atoms with Gasteiger partial charge in [0, 0.05) is 28.7 Å². The van der Waals surface area contributed by atoms with Crippen molar-refractivity contribution in [2.45, 2.75) is 42.0 Å². The summed E-state index contributed by atoms with van der Waals surface area (Å²) in [6, 6.07) is 5.50. The Kier molecular flexibility index (Phi) is 3.83. The van der Waals surface area contributed by atoms with E-state index >= 15 is 0 Å². The van der Waals surface area contributed by atoms with E-state index in [1.165, 1.54) is 11.3 Å². The van der Waals surface area contributed by atoms with Crippen LogP contribution in [-0.4, -0.2) is 47.0 Å². The lowest BCUT2D eigenvalue weighted by atomic mass is 9.76. The van der Waals surface area contributed by atoms with Gasteiger partial charge in [-0.05, 0) is 61.5 Å². The van der Waals surface area contributed by atoms with Gasteiger partial charge in [0.25, 0.3) is 5.91 Å². The molecule has 2 saturated heterocycles. The van der Waals surface area contributed by atoms with Gasteiger partial charge in [0.05, 0.1) is 0 Å². The van der Waals surface area contributed by atoms with Crippen LogP contribution in [0.4, 0.5) is 0 Å². The molecule has 1 aromatic rings. The summed E-state index contributed by atoms with van der Waals surface area (Å²) in [5.74, 6) is 0.900. The van der Waals surface area contributed by atoms with Crippen LogP contribution in [0.2, 0.25) is 0 Å². The van der Waals surface area contributed by atoms with Crippen molar-refractivity contribution in [3.8, 4) is 0 Å². The smallest absolute Gasteiger partial charge is 0.255 e. The number of amides is 3. The molecule has 4 unspecified atom stereocenters. The van der Waals surface area contributed by atoms with E-state index in [-0.39, 0.29) is 24.1 Å². The zero-order chi connectivity index (χ0) is 17.8. The molecule has 3 aliphatic heterocycles. The third-order valence-corrected chi connectivity index (χ3v) is 7.56. The molecule has 3 heterocycles. The van der Waals surface area contributed by atoms with Crippen LogP contribution >= 0.6 is 11.8 Å². The maximum atomic E-state index is 12.7. The largest absolute Gasteiger partial charge is 0.322 e. The van der Waals surface area contributed by atoms with Crippen molar-refractivity contribution in [2.24, 2.45) is 11.8 Å². The number of rotatable bonds is 3. The molecule has 4 aliphatic rings. The molecule has 0 bridgehead atoms. The van der Waals surface area contributed by atoms with Crippen molar-refractivity contribution in [1.82, 2.24) is 15.5 Å². The fourth-order valence-corrected chi connectivity index (χ4v) is 6.20. The van der Waals surface area contributed by atoms with Gasteiger partial charge in [0.15, 0.2) is 0 Å². The monoisotopic (exact) mass is 371 g/mol. The van der Waals surface area contributed by atoms with Crippen molar-refractivity contribution >= 4 is 29.5 Å². The topological polar surface area (TPSA) is 78.5 Å². The highest BCUT2D eigenvalue weighted by atomic mass is 32.2. The summed E-state index contributed by atoms with van der Waals surface area (Å²) >= 11 is 1.92. The minimum Gasteiger partial charge on any atom is -0.322 e. The zero-order valence-corrected chi connectivity index (χ0v) is 15.2. The highest BCUT2D eigenvalue weighted by molar-refractivity contribution is 8.00. The van der Waals surface area contributed by atoms with Crippen molar-refractivity contribution in [3.05, 3.63) is 29.3 Å². The molecule has 26 heavy (non-hydrogen) atoms. The first-order valence-electron chi connectivity index (χ1n) is 9.25. The molecule has 1 aromatic carbocycles. The predicted octanol–water partition coefficient (Wildman–Crippen LogP) is 1.15. The Bertz CT molecular complexity index is 811. The first-order valence-corrected chi connectivity index (χ1v) is 10.1. The van der Waals surface area contributed by atoms with E-state index in [9.17, 15) is 14.4 Å². The van der Waals surface area contributed by atoms with Crippen molar-refractivity contribution in [2.75, 3.05) is 13.1 Å². The van der Waals surface area contributed by atoms with Crippen LogP contribution in [0.3, 0.4) is 0 Å². The lowest BCUT2D eigenvalue weighted by molar-refractivity contribution is -0.136. The molecule has 0 aromatic heterocycles. The summed E-state index contributed by atoms with van der Waals surface area (Å²) in [4.78, 5) is 39.0. The maximum Gasteiger partial charge on any atom is 0.255 e. The third kappa shape index (κ3) is 2.56. The van der Waals surface area contributed by atoms with Crippen LogP contribution in [0, 0.1) is 11.8 Å². The number of hydrogen-bond acceptors (Lipinski definition) is 5. The average Bonchev–Trinajstić information content (AvgIpc) is 3.13. The Morgan fingerprint density at radius 3 is 2.85 bits per heavy atom. The van der Waals surface area contributed by atoms with Crippen LogP contribution < -0.4 is 10.6 Å². The molecule has 5 rings (SSSR count). The van der Waals surface area contributed by atoms with E-state index in [0.29, 0.717) is 23.8 Å². The standard InChI is InChI=1S/C19H21N3O3S/c23-17-4-3-15(18(24)21-17)22-9-11-5-12(1-2-13(11)19(22)25)26-16-6-10-7-20-8-14(10)16/h1-2,5,10,14-16,20H,3-4,6-9H2,(H,21,23,24). The number of carbonyl (C=O) groups is 3. The number of hydrogen-bond donors (Lipinski definition) is 2. The predicted molar refractivity (Wildman–Crippen MR) is 96.6 cm³/mol. The van der Waals surface area contributed by atoms with Crippen LogP contribution in [0.1, 0.15) is 35.2 Å². The Hall–Kier alpha value is -1.86. The van der Waals surface area contributed by atoms with E-state index in [2.05, 4.69) is 16.7 Å². The molecule has 3 amide bonds. The fraction of sp³-hybridized carbons (Fsp3) is 0.526. The number of fused-ring (bicyclic) bond motifs is 2. The van der Waals surface area contributed by atoms with E-state index in [1.54, 1.807) is 4.90 Å². The molecule has 3 fully saturated rings. The third-order valence-electron chi connectivity index (χ3n) is 6.19. The van der Waals surface area contributed by atoms with Gasteiger partial charge < -0.3 is 10.2 Å². The van der Waals surface area contributed by atoms with Gasteiger partial charge in [-0.25, -0.2) is 0 Å². The van der Waals surface area contributed by atoms with E-state index in [4.69, 9.17) is 0 Å². The number of carbonyl (C=O) groups excluding carboxylic acids is 3. The van der Waals surface area contributed by atoms with Crippen LogP contribution in [0.25, 0.3) is 0 Å². The summed E-state index contributed by atoms with van der Waals surface area (Å²) in [5.41, 5.74) is 1.68. The van der Waals surface area contributed by atoms with Gasteiger partial charge in [0.1, 0.15) is 6.04 Å². The summed E-state index contributed by atoms with van der Waals surface area (Å²) < 4.78 is 0. The molecule has 0 spiro atoms. The molecule has 7 heteroatoms.